The maximum atomic E-state index is 12.7. The molecule has 2 aromatic carbocycles. The summed E-state index contributed by atoms with van der Waals surface area (Å²) in [7, 11) is 1.52. The Morgan fingerprint density at radius 1 is 1.09 bits per heavy atom. The van der Waals surface area contributed by atoms with Crippen molar-refractivity contribution < 1.29 is 28.2 Å². The Bertz CT molecular complexity index is 1240. The van der Waals surface area contributed by atoms with E-state index < -0.39 is 29.3 Å². The largest absolute Gasteiger partial charge is 0.497 e. The Balaban J connectivity index is 1.91. The molecule has 1 aromatic heterocycles. The molecule has 0 saturated heterocycles. The highest BCUT2D eigenvalue weighted by molar-refractivity contribution is 6.06. The number of hydrogen-bond donors (Lipinski definition) is 1. The molecular weight excluding hydrogens is 414 g/mol. The smallest absolute Gasteiger partial charge is 0.408 e. The van der Waals surface area contributed by atoms with Gasteiger partial charge < -0.3 is 23.9 Å². The number of ether oxygens (including phenoxy) is 3. The van der Waals surface area contributed by atoms with Crippen molar-refractivity contribution in [2.45, 2.75) is 52.7 Å². The van der Waals surface area contributed by atoms with E-state index in [0.717, 1.165) is 0 Å². The van der Waals surface area contributed by atoms with Crippen LogP contribution in [0.2, 0.25) is 0 Å². The Kier molecular flexibility index (Phi) is 6.43. The summed E-state index contributed by atoms with van der Waals surface area (Å²) in [5, 5.41) is 4.33. The number of aryl methyl sites for hydroxylation is 1. The molecule has 1 atom stereocenters. The van der Waals surface area contributed by atoms with Gasteiger partial charge in [-0.3, -0.25) is 0 Å². The Labute approximate surface area is 185 Å². The summed E-state index contributed by atoms with van der Waals surface area (Å²) in [4.78, 5) is 37.3. The zero-order chi connectivity index (χ0) is 23.6. The molecule has 32 heavy (non-hydrogen) atoms. The molecule has 3 aromatic rings. The summed E-state index contributed by atoms with van der Waals surface area (Å²) in [5.74, 6) is 0.145. The third-order valence-corrected chi connectivity index (χ3v) is 4.88. The molecule has 1 heterocycles. The van der Waals surface area contributed by atoms with Gasteiger partial charge in [0, 0.05) is 16.3 Å². The van der Waals surface area contributed by atoms with Gasteiger partial charge in [-0.25, -0.2) is 14.4 Å². The van der Waals surface area contributed by atoms with Crippen LogP contribution in [0.1, 0.15) is 39.7 Å². The average Bonchev–Trinajstić information content (AvgIpc) is 2.73. The monoisotopic (exact) mass is 441 g/mol. The second kappa shape index (κ2) is 8.90. The van der Waals surface area contributed by atoms with Crippen LogP contribution in [-0.4, -0.2) is 30.8 Å². The predicted molar refractivity (Wildman–Crippen MR) is 120 cm³/mol. The number of carbonyl (C=O) groups excluding carboxylic acids is 2. The van der Waals surface area contributed by atoms with Crippen molar-refractivity contribution in [1.82, 2.24) is 5.32 Å². The van der Waals surface area contributed by atoms with Crippen LogP contribution in [0, 0.1) is 6.92 Å². The van der Waals surface area contributed by atoms with Gasteiger partial charge in [0.25, 0.3) is 0 Å². The summed E-state index contributed by atoms with van der Waals surface area (Å²) in [6, 6.07) is 7.65. The van der Waals surface area contributed by atoms with E-state index in [1.807, 2.05) is 0 Å². The van der Waals surface area contributed by atoms with Gasteiger partial charge in [0.05, 0.1) is 12.5 Å². The number of amides is 1. The van der Waals surface area contributed by atoms with Crippen molar-refractivity contribution in [3.8, 4) is 11.5 Å². The average molecular weight is 441 g/mol. The number of benzene rings is 2. The molecule has 8 heteroatoms. The van der Waals surface area contributed by atoms with Crippen molar-refractivity contribution in [1.29, 1.82) is 0 Å². The SMILES string of the molecule is CC[C@H](NC(=O)OC(C)(C)C)C(=O)Oc1ccc2c(oc(=O)c3cc(OC)ccc32)c1C. The quantitative estimate of drug-likeness (QED) is 0.270. The molecule has 0 unspecified atom stereocenters. The lowest BCUT2D eigenvalue weighted by molar-refractivity contribution is -0.136. The number of rotatable bonds is 5. The molecule has 8 nitrogen and oxygen atoms in total. The molecule has 0 bridgehead atoms. The van der Waals surface area contributed by atoms with Gasteiger partial charge in [-0.05, 0) is 64.4 Å². The summed E-state index contributed by atoms with van der Waals surface area (Å²) >= 11 is 0. The normalized spacial score (nSPS) is 12.4. The molecule has 0 aliphatic heterocycles. The van der Waals surface area contributed by atoms with Crippen molar-refractivity contribution in [2.75, 3.05) is 7.11 Å². The van der Waals surface area contributed by atoms with E-state index in [4.69, 9.17) is 18.6 Å². The van der Waals surface area contributed by atoms with Crippen LogP contribution in [0.25, 0.3) is 21.7 Å². The predicted octanol–water partition coefficient (Wildman–Crippen LogP) is 4.47. The zero-order valence-corrected chi connectivity index (χ0v) is 19.0. The van der Waals surface area contributed by atoms with E-state index in [2.05, 4.69) is 5.32 Å². The Hall–Kier alpha value is -3.55. The van der Waals surface area contributed by atoms with Gasteiger partial charge in [0.15, 0.2) is 0 Å². The fraction of sp³-hybridized carbons (Fsp3) is 0.375. The van der Waals surface area contributed by atoms with Gasteiger partial charge >= 0.3 is 17.7 Å². The molecule has 3 rings (SSSR count). The van der Waals surface area contributed by atoms with Crippen LogP contribution in [0.4, 0.5) is 4.79 Å². The van der Waals surface area contributed by atoms with Crippen molar-refractivity contribution in [3.05, 3.63) is 46.3 Å². The minimum absolute atomic E-state index is 0.239. The molecule has 0 aliphatic rings. The number of hydrogen-bond acceptors (Lipinski definition) is 7. The van der Waals surface area contributed by atoms with Gasteiger partial charge in [-0.1, -0.05) is 6.92 Å². The molecule has 0 aliphatic carbocycles. The molecule has 0 spiro atoms. The van der Waals surface area contributed by atoms with Crippen molar-refractivity contribution in [3.63, 3.8) is 0 Å². The van der Waals surface area contributed by atoms with Crippen molar-refractivity contribution >= 4 is 33.8 Å². The Morgan fingerprint density at radius 2 is 1.78 bits per heavy atom. The lowest BCUT2D eigenvalue weighted by Gasteiger charge is -2.22. The maximum Gasteiger partial charge on any atom is 0.408 e. The lowest BCUT2D eigenvalue weighted by atomic mass is 10.0. The van der Waals surface area contributed by atoms with Crippen LogP contribution in [0.3, 0.4) is 0 Å². The second-order valence-electron chi connectivity index (χ2n) is 8.39. The van der Waals surface area contributed by atoms with E-state index in [1.54, 1.807) is 65.0 Å². The summed E-state index contributed by atoms with van der Waals surface area (Å²) in [6.45, 7) is 8.65. The van der Waals surface area contributed by atoms with E-state index in [9.17, 15) is 14.4 Å². The standard InChI is InChI=1S/C24H27NO7/c1-7-18(25-23(28)32-24(3,4)5)22(27)30-19-11-10-16-15-9-8-14(29-6)12-17(15)21(26)31-20(16)13(19)2/h8-12,18H,7H2,1-6H3,(H,25,28)/t18-/m0/s1. The highest BCUT2D eigenvalue weighted by Gasteiger charge is 2.25. The van der Waals surface area contributed by atoms with E-state index >= 15 is 0 Å². The van der Waals surface area contributed by atoms with Crippen LogP contribution < -0.4 is 20.4 Å². The minimum Gasteiger partial charge on any atom is -0.497 e. The highest BCUT2D eigenvalue weighted by atomic mass is 16.6. The van der Waals surface area contributed by atoms with E-state index in [-0.39, 0.29) is 5.75 Å². The molecular formula is C24H27NO7. The molecule has 0 saturated carbocycles. The number of esters is 1. The molecule has 170 valence electrons. The first-order chi connectivity index (χ1) is 15.0. The van der Waals surface area contributed by atoms with E-state index in [1.165, 1.54) is 7.11 Å². The minimum atomic E-state index is -0.893. The first-order valence-corrected chi connectivity index (χ1v) is 10.3. The first kappa shape index (κ1) is 23.1. The summed E-state index contributed by atoms with van der Waals surface area (Å²) in [5.41, 5.74) is -0.383. The van der Waals surface area contributed by atoms with Crippen LogP contribution >= 0.6 is 0 Å². The first-order valence-electron chi connectivity index (χ1n) is 10.3. The van der Waals surface area contributed by atoms with Gasteiger partial charge in [-0.2, -0.15) is 0 Å². The fourth-order valence-electron chi connectivity index (χ4n) is 3.29. The number of nitrogens with one attached hydrogen (secondary N) is 1. The molecule has 0 radical (unpaired) electrons. The number of carbonyl (C=O) groups is 2. The Morgan fingerprint density at radius 3 is 2.41 bits per heavy atom. The molecule has 1 amide bonds. The van der Waals surface area contributed by atoms with Crippen molar-refractivity contribution in [2.24, 2.45) is 0 Å². The zero-order valence-electron chi connectivity index (χ0n) is 19.0. The lowest BCUT2D eigenvalue weighted by Crippen LogP contribution is -2.44. The topological polar surface area (TPSA) is 104 Å². The van der Waals surface area contributed by atoms with E-state index in [0.29, 0.717) is 39.5 Å². The van der Waals surface area contributed by atoms with Crippen LogP contribution in [0.15, 0.2) is 39.5 Å². The number of alkyl carbamates (subject to hydrolysis) is 1. The van der Waals surface area contributed by atoms with Crippen LogP contribution in [0.5, 0.6) is 11.5 Å². The third kappa shape index (κ3) is 4.85. The van der Waals surface area contributed by atoms with Gasteiger partial charge in [0.2, 0.25) is 0 Å². The third-order valence-electron chi connectivity index (χ3n) is 4.88. The maximum absolute atomic E-state index is 12.7. The number of methoxy groups -OCH3 is 1. The summed E-state index contributed by atoms with van der Waals surface area (Å²) < 4.78 is 21.5. The van der Waals surface area contributed by atoms with Gasteiger partial charge in [0.1, 0.15) is 28.7 Å². The molecule has 1 N–H and O–H groups in total. The highest BCUT2D eigenvalue weighted by Crippen LogP contribution is 2.32. The van der Waals surface area contributed by atoms with Crippen LogP contribution in [-0.2, 0) is 9.53 Å². The molecule has 0 fully saturated rings. The number of fused-ring (bicyclic) bond motifs is 3. The second-order valence-corrected chi connectivity index (χ2v) is 8.39. The summed E-state index contributed by atoms with van der Waals surface area (Å²) in [6.07, 6.45) is -0.392. The van der Waals surface area contributed by atoms with Gasteiger partial charge in [-0.15, -0.1) is 0 Å². The fourth-order valence-corrected chi connectivity index (χ4v) is 3.29.